The van der Waals surface area contributed by atoms with Crippen molar-refractivity contribution in [3.05, 3.63) is 35.1 Å². The summed E-state index contributed by atoms with van der Waals surface area (Å²) >= 11 is 0. The molecule has 0 aromatic heterocycles. The van der Waals surface area contributed by atoms with E-state index in [1.54, 1.807) is 12.1 Å². The highest BCUT2D eigenvalue weighted by molar-refractivity contribution is 5.81. The molecule has 1 spiro atoms. The molecule has 3 nitrogen and oxygen atoms in total. The summed E-state index contributed by atoms with van der Waals surface area (Å²) in [5.41, 5.74) is 2.32. The topological polar surface area (TPSA) is 29.5 Å². The van der Waals surface area contributed by atoms with Crippen LogP contribution < -0.4 is 0 Å². The van der Waals surface area contributed by atoms with Crippen LogP contribution in [0.2, 0.25) is 0 Å². The number of amides is 1. The number of carbonyl (C=O) groups excluding carboxylic acids is 1. The van der Waals surface area contributed by atoms with Crippen molar-refractivity contribution in [1.29, 1.82) is 0 Å². The van der Waals surface area contributed by atoms with Gasteiger partial charge in [-0.25, -0.2) is 4.39 Å². The number of halogens is 1. The summed E-state index contributed by atoms with van der Waals surface area (Å²) in [4.78, 5) is 14.4. The third-order valence-electron chi connectivity index (χ3n) is 6.70. The lowest BCUT2D eigenvalue weighted by atomic mass is 9.73. The zero-order chi connectivity index (χ0) is 17.0. The molecule has 3 fully saturated rings. The molecule has 0 bridgehead atoms. The van der Waals surface area contributed by atoms with E-state index in [1.165, 1.54) is 18.4 Å². The average molecular weight is 343 g/mol. The quantitative estimate of drug-likeness (QED) is 0.828. The predicted molar refractivity (Wildman–Crippen MR) is 92.7 cm³/mol. The van der Waals surface area contributed by atoms with Crippen LogP contribution in [-0.2, 0) is 14.9 Å². The van der Waals surface area contributed by atoms with Crippen LogP contribution in [0.5, 0.6) is 0 Å². The third kappa shape index (κ3) is 2.88. The van der Waals surface area contributed by atoms with E-state index in [2.05, 4.69) is 0 Å². The summed E-state index contributed by atoms with van der Waals surface area (Å²) in [5, 5.41) is 0. The van der Waals surface area contributed by atoms with Gasteiger partial charge in [0.1, 0.15) is 5.82 Å². The highest BCUT2D eigenvalue weighted by Crippen LogP contribution is 2.53. The van der Waals surface area contributed by atoms with E-state index < -0.39 is 0 Å². The Morgan fingerprint density at radius 3 is 2.64 bits per heavy atom. The first-order valence-corrected chi connectivity index (χ1v) is 9.85. The number of carbonyl (C=O) groups is 1. The normalized spacial score (nSPS) is 27.6. The van der Waals surface area contributed by atoms with Gasteiger partial charge >= 0.3 is 0 Å². The number of benzene rings is 1. The van der Waals surface area contributed by atoms with E-state index in [0.717, 1.165) is 63.3 Å². The molecule has 1 amide bonds. The standard InChI is InChI=1S/C21H26FNO2/c22-16-5-6-17-18(11-16)21(12-19(17)25-13-14-1-2-14)7-9-23(10-8-21)20(24)15-3-4-15/h5-6,11,14-15,19H,1-4,7-10,12-13H2/t19-/m0/s1. The number of likely N-dealkylation sites (tertiary alicyclic amines) is 1. The number of nitrogens with zero attached hydrogens (tertiary/aromatic N) is 1. The first-order chi connectivity index (χ1) is 12.1. The molecule has 4 heteroatoms. The summed E-state index contributed by atoms with van der Waals surface area (Å²) in [6, 6.07) is 5.23. The van der Waals surface area contributed by atoms with Gasteiger partial charge in [-0.2, -0.15) is 0 Å². The second-order valence-electron chi connectivity index (χ2n) is 8.58. The summed E-state index contributed by atoms with van der Waals surface area (Å²) in [6.07, 6.45) is 7.61. The molecule has 1 saturated heterocycles. The molecule has 134 valence electrons. The number of fused-ring (bicyclic) bond motifs is 2. The molecule has 4 aliphatic rings. The van der Waals surface area contributed by atoms with Crippen molar-refractivity contribution in [3.63, 3.8) is 0 Å². The SMILES string of the molecule is O=C(C1CC1)N1CCC2(CC1)C[C@H](OCC1CC1)c1ccc(F)cc12. The summed E-state index contributed by atoms with van der Waals surface area (Å²) in [5.74, 6) is 1.21. The summed E-state index contributed by atoms with van der Waals surface area (Å²) in [6.45, 7) is 2.45. The van der Waals surface area contributed by atoms with Gasteiger partial charge in [-0.3, -0.25) is 4.79 Å². The Morgan fingerprint density at radius 2 is 1.96 bits per heavy atom. The number of ether oxygens (including phenoxy) is 1. The van der Waals surface area contributed by atoms with Gasteiger partial charge in [0.15, 0.2) is 0 Å². The van der Waals surface area contributed by atoms with Gasteiger partial charge in [-0.1, -0.05) is 6.07 Å². The van der Waals surface area contributed by atoms with Crippen molar-refractivity contribution in [1.82, 2.24) is 4.90 Å². The molecule has 1 aromatic carbocycles. The number of piperidine rings is 1. The Bertz CT molecular complexity index is 687. The Kier molecular flexibility index (Phi) is 3.67. The molecule has 5 rings (SSSR count). The van der Waals surface area contributed by atoms with Crippen LogP contribution >= 0.6 is 0 Å². The van der Waals surface area contributed by atoms with Crippen LogP contribution in [0.4, 0.5) is 4.39 Å². The molecule has 1 heterocycles. The second-order valence-corrected chi connectivity index (χ2v) is 8.58. The van der Waals surface area contributed by atoms with E-state index in [4.69, 9.17) is 4.74 Å². The second kappa shape index (κ2) is 5.80. The molecule has 0 unspecified atom stereocenters. The van der Waals surface area contributed by atoms with Crippen molar-refractivity contribution >= 4 is 5.91 Å². The van der Waals surface area contributed by atoms with Crippen molar-refractivity contribution in [2.75, 3.05) is 19.7 Å². The highest BCUT2D eigenvalue weighted by Gasteiger charge is 2.47. The molecule has 0 radical (unpaired) electrons. The fourth-order valence-corrected chi connectivity index (χ4v) is 4.75. The van der Waals surface area contributed by atoms with E-state index >= 15 is 0 Å². The Balaban J connectivity index is 1.36. The maximum absolute atomic E-state index is 14.0. The van der Waals surface area contributed by atoms with E-state index in [0.29, 0.717) is 5.91 Å². The molecular formula is C21H26FNO2. The molecule has 2 saturated carbocycles. The zero-order valence-electron chi connectivity index (χ0n) is 14.7. The monoisotopic (exact) mass is 343 g/mol. The van der Waals surface area contributed by atoms with E-state index in [-0.39, 0.29) is 23.3 Å². The number of hydrogen-bond donors (Lipinski definition) is 0. The minimum Gasteiger partial charge on any atom is -0.373 e. The fourth-order valence-electron chi connectivity index (χ4n) is 4.75. The maximum atomic E-state index is 14.0. The lowest BCUT2D eigenvalue weighted by Gasteiger charge is -2.40. The molecule has 0 N–H and O–H groups in total. The first kappa shape index (κ1) is 15.8. The van der Waals surface area contributed by atoms with Gasteiger partial charge in [0.05, 0.1) is 12.7 Å². The minimum atomic E-state index is -0.155. The van der Waals surface area contributed by atoms with Gasteiger partial charge in [-0.05, 0) is 74.1 Å². The van der Waals surface area contributed by atoms with Crippen LogP contribution in [0.3, 0.4) is 0 Å². The van der Waals surface area contributed by atoms with Gasteiger partial charge in [0.25, 0.3) is 0 Å². The summed E-state index contributed by atoms with van der Waals surface area (Å²) < 4.78 is 20.2. The highest BCUT2D eigenvalue weighted by atomic mass is 19.1. The van der Waals surface area contributed by atoms with E-state index in [1.807, 2.05) is 11.0 Å². The Morgan fingerprint density at radius 1 is 1.20 bits per heavy atom. The largest absolute Gasteiger partial charge is 0.373 e. The van der Waals surface area contributed by atoms with Crippen molar-refractivity contribution in [2.45, 2.75) is 56.5 Å². The van der Waals surface area contributed by atoms with Gasteiger partial charge in [0, 0.05) is 24.4 Å². The molecular weight excluding hydrogens is 317 g/mol. The van der Waals surface area contributed by atoms with Gasteiger partial charge in [0.2, 0.25) is 5.91 Å². The van der Waals surface area contributed by atoms with Crippen LogP contribution in [0.25, 0.3) is 0 Å². The van der Waals surface area contributed by atoms with Gasteiger partial charge < -0.3 is 9.64 Å². The number of rotatable bonds is 4. The smallest absolute Gasteiger partial charge is 0.225 e. The van der Waals surface area contributed by atoms with Crippen LogP contribution in [0.15, 0.2) is 18.2 Å². The fraction of sp³-hybridized carbons (Fsp3) is 0.667. The predicted octanol–water partition coefficient (Wildman–Crippen LogP) is 3.97. The lowest BCUT2D eigenvalue weighted by molar-refractivity contribution is -0.134. The van der Waals surface area contributed by atoms with Crippen molar-refractivity contribution in [3.8, 4) is 0 Å². The van der Waals surface area contributed by atoms with E-state index in [9.17, 15) is 9.18 Å². The summed E-state index contributed by atoms with van der Waals surface area (Å²) in [7, 11) is 0. The van der Waals surface area contributed by atoms with Crippen LogP contribution in [0, 0.1) is 17.7 Å². The van der Waals surface area contributed by atoms with Crippen molar-refractivity contribution in [2.24, 2.45) is 11.8 Å². The first-order valence-electron chi connectivity index (χ1n) is 9.85. The maximum Gasteiger partial charge on any atom is 0.225 e. The Hall–Kier alpha value is -1.42. The van der Waals surface area contributed by atoms with Crippen LogP contribution in [-0.4, -0.2) is 30.5 Å². The Labute approximate surface area is 148 Å². The van der Waals surface area contributed by atoms with Crippen molar-refractivity contribution < 1.29 is 13.9 Å². The molecule has 25 heavy (non-hydrogen) atoms. The lowest BCUT2D eigenvalue weighted by Crippen LogP contribution is -2.45. The number of hydrogen-bond acceptors (Lipinski definition) is 2. The van der Waals surface area contributed by atoms with Crippen LogP contribution in [0.1, 0.15) is 62.2 Å². The average Bonchev–Trinajstić information content (AvgIpc) is 3.53. The zero-order valence-corrected chi connectivity index (χ0v) is 14.7. The molecule has 1 atom stereocenters. The third-order valence-corrected chi connectivity index (χ3v) is 6.70. The minimum absolute atomic E-state index is 0.00795. The van der Waals surface area contributed by atoms with Gasteiger partial charge in [-0.15, -0.1) is 0 Å². The molecule has 1 aliphatic heterocycles. The molecule has 3 aliphatic carbocycles. The molecule has 1 aromatic rings.